The maximum absolute atomic E-state index is 11.7. The van der Waals surface area contributed by atoms with Gasteiger partial charge in [0.15, 0.2) is 0 Å². The minimum Gasteiger partial charge on any atom is -0.334 e. The number of nitro groups is 1. The molecule has 9 nitrogen and oxygen atoms in total. The number of aryl methyl sites for hydroxylation is 1. The highest BCUT2D eigenvalue weighted by Crippen LogP contribution is 2.34. The standard InChI is InChI=1S/C19H15N7O2/c1-12-7-8-14-15(23-12)5-2-6-16(14)25-19-17(26(27)28)18(21-11-22-19)24-13-4-3-9-20-10-13/h2-11H,1H3,(H2,21,22,24,25). The second-order valence-corrected chi connectivity index (χ2v) is 5.99. The quantitative estimate of drug-likeness (QED) is 0.396. The van der Waals surface area contributed by atoms with E-state index in [-0.39, 0.29) is 17.3 Å². The average molecular weight is 373 g/mol. The lowest BCUT2D eigenvalue weighted by Gasteiger charge is -2.11. The predicted molar refractivity (Wildman–Crippen MR) is 106 cm³/mol. The fourth-order valence-electron chi connectivity index (χ4n) is 2.80. The Morgan fingerprint density at radius 3 is 2.57 bits per heavy atom. The number of fused-ring (bicyclic) bond motifs is 1. The average Bonchev–Trinajstić information content (AvgIpc) is 2.68. The van der Waals surface area contributed by atoms with Crippen molar-refractivity contribution in [1.29, 1.82) is 0 Å². The van der Waals surface area contributed by atoms with Crippen molar-refractivity contribution in [2.24, 2.45) is 0 Å². The van der Waals surface area contributed by atoms with Crippen molar-refractivity contribution in [3.63, 3.8) is 0 Å². The summed E-state index contributed by atoms with van der Waals surface area (Å²) in [6.45, 7) is 1.91. The van der Waals surface area contributed by atoms with Gasteiger partial charge in [0.1, 0.15) is 6.33 Å². The third-order valence-electron chi connectivity index (χ3n) is 4.05. The lowest BCUT2D eigenvalue weighted by molar-refractivity contribution is -0.383. The summed E-state index contributed by atoms with van der Waals surface area (Å²) >= 11 is 0. The molecule has 0 aliphatic heterocycles. The molecule has 9 heteroatoms. The van der Waals surface area contributed by atoms with Crippen molar-refractivity contribution in [1.82, 2.24) is 19.9 Å². The first-order valence-electron chi connectivity index (χ1n) is 8.41. The van der Waals surface area contributed by atoms with Crippen molar-refractivity contribution in [3.8, 4) is 0 Å². The van der Waals surface area contributed by atoms with Gasteiger partial charge in [0.2, 0.25) is 11.6 Å². The Hall–Kier alpha value is -4.14. The van der Waals surface area contributed by atoms with Gasteiger partial charge < -0.3 is 10.6 Å². The Morgan fingerprint density at radius 2 is 1.82 bits per heavy atom. The van der Waals surface area contributed by atoms with Gasteiger partial charge >= 0.3 is 5.69 Å². The fourth-order valence-corrected chi connectivity index (χ4v) is 2.80. The zero-order valence-electron chi connectivity index (χ0n) is 14.8. The number of aromatic nitrogens is 4. The molecule has 4 rings (SSSR count). The van der Waals surface area contributed by atoms with E-state index in [0.717, 1.165) is 16.6 Å². The predicted octanol–water partition coefficient (Wildman–Crippen LogP) is 4.12. The topological polar surface area (TPSA) is 119 Å². The summed E-state index contributed by atoms with van der Waals surface area (Å²) in [6, 6.07) is 12.8. The smallest absolute Gasteiger partial charge is 0.334 e. The van der Waals surface area contributed by atoms with E-state index in [9.17, 15) is 10.1 Å². The number of anilines is 4. The van der Waals surface area contributed by atoms with Crippen LogP contribution in [0.5, 0.6) is 0 Å². The van der Waals surface area contributed by atoms with Gasteiger partial charge in [-0.05, 0) is 43.3 Å². The van der Waals surface area contributed by atoms with Crippen LogP contribution >= 0.6 is 0 Å². The summed E-state index contributed by atoms with van der Waals surface area (Å²) in [5, 5.41) is 18.6. The number of hydrogen-bond acceptors (Lipinski definition) is 8. The van der Waals surface area contributed by atoms with Crippen LogP contribution in [0.25, 0.3) is 10.9 Å². The molecule has 0 bridgehead atoms. The van der Waals surface area contributed by atoms with Gasteiger partial charge in [-0.15, -0.1) is 0 Å². The minimum absolute atomic E-state index is 0.0738. The third-order valence-corrected chi connectivity index (χ3v) is 4.05. The van der Waals surface area contributed by atoms with Gasteiger partial charge in [0.25, 0.3) is 0 Å². The van der Waals surface area contributed by atoms with Crippen molar-refractivity contribution < 1.29 is 4.92 Å². The van der Waals surface area contributed by atoms with Gasteiger partial charge in [-0.2, -0.15) is 0 Å². The molecular weight excluding hydrogens is 358 g/mol. The number of pyridine rings is 2. The van der Waals surface area contributed by atoms with Crippen LogP contribution in [0.1, 0.15) is 5.69 Å². The van der Waals surface area contributed by atoms with E-state index in [1.54, 1.807) is 24.5 Å². The van der Waals surface area contributed by atoms with E-state index in [1.807, 2.05) is 37.3 Å². The van der Waals surface area contributed by atoms with Crippen LogP contribution in [-0.2, 0) is 0 Å². The summed E-state index contributed by atoms with van der Waals surface area (Å²) in [7, 11) is 0. The molecule has 0 atom stereocenters. The summed E-state index contributed by atoms with van der Waals surface area (Å²) in [5.74, 6) is 0.157. The highest BCUT2D eigenvalue weighted by atomic mass is 16.6. The van der Waals surface area contributed by atoms with E-state index in [1.165, 1.54) is 6.33 Å². The fraction of sp³-hybridized carbons (Fsp3) is 0.0526. The van der Waals surface area contributed by atoms with Crippen LogP contribution in [0.3, 0.4) is 0 Å². The molecule has 0 radical (unpaired) electrons. The number of benzene rings is 1. The van der Waals surface area contributed by atoms with Crippen LogP contribution in [-0.4, -0.2) is 24.9 Å². The van der Waals surface area contributed by atoms with Gasteiger partial charge in [-0.25, -0.2) is 9.97 Å². The first kappa shape index (κ1) is 17.3. The zero-order valence-corrected chi connectivity index (χ0v) is 14.8. The third kappa shape index (κ3) is 3.40. The van der Waals surface area contributed by atoms with E-state index in [2.05, 4.69) is 30.6 Å². The molecule has 0 amide bonds. The molecule has 28 heavy (non-hydrogen) atoms. The van der Waals surface area contributed by atoms with Gasteiger partial charge in [0.05, 0.1) is 22.3 Å². The molecule has 0 unspecified atom stereocenters. The molecule has 4 aromatic rings. The summed E-state index contributed by atoms with van der Waals surface area (Å²) in [5.41, 5.74) is 2.67. The Kier molecular flexibility index (Phi) is 4.47. The lowest BCUT2D eigenvalue weighted by Crippen LogP contribution is -2.06. The zero-order chi connectivity index (χ0) is 19.5. The normalized spacial score (nSPS) is 10.6. The Balaban J connectivity index is 1.76. The number of nitrogens with zero attached hydrogens (tertiary/aromatic N) is 5. The monoisotopic (exact) mass is 373 g/mol. The molecule has 0 spiro atoms. The van der Waals surface area contributed by atoms with Crippen LogP contribution in [0.15, 0.2) is 61.2 Å². The molecule has 0 saturated carbocycles. The van der Waals surface area contributed by atoms with Crippen LogP contribution in [0, 0.1) is 17.0 Å². The maximum Gasteiger partial charge on any atom is 0.353 e. The molecule has 1 aromatic carbocycles. The minimum atomic E-state index is -0.519. The molecule has 0 saturated heterocycles. The van der Waals surface area contributed by atoms with E-state index < -0.39 is 4.92 Å². The second kappa shape index (κ2) is 7.23. The van der Waals surface area contributed by atoms with Crippen molar-refractivity contribution >= 4 is 39.6 Å². The lowest BCUT2D eigenvalue weighted by atomic mass is 10.1. The molecule has 2 N–H and O–H groups in total. The summed E-state index contributed by atoms with van der Waals surface area (Å²) < 4.78 is 0. The highest BCUT2D eigenvalue weighted by Gasteiger charge is 2.23. The first-order chi connectivity index (χ1) is 13.6. The van der Waals surface area contributed by atoms with Crippen molar-refractivity contribution in [2.75, 3.05) is 10.6 Å². The first-order valence-corrected chi connectivity index (χ1v) is 8.41. The van der Waals surface area contributed by atoms with Crippen molar-refractivity contribution in [3.05, 3.63) is 77.0 Å². The van der Waals surface area contributed by atoms with Crippen LogP contribution in [0.4, 0.5) is 28.7 Å². The van der Waals surface area contributed by atoms with Gasteiger partial charge in [0, 0.05) is 23.0 Å². The van der Waals surface area contributed by atoms with Gasteiger partial charge in [-0.3, -0.25) is 20.1 Å². The Bertz CT molecular complexity index is 1170. The Labute approximate surface area is 159 Å². The second-order valence-electron chi connectivity index (χ2n) is 5.99. The van der Waals surface area contributed by atoms with Crippen LogP contribution < -0.4 is 10.6 Å². The largest absolute Gasteiger partial charge is 0.353 e. The molecule has 0 fully saturated rings. The van der Waals surface area contributed by atoms with Crippen LogP contribution in [0.2, 0.25) is 0 Å². The van der Waals surface area contributed by atoms with Gasteiger partial charge in [-0.1, -0.05) is 6.07 Å². The number of nitrogens with one attached hydrogen (secondary N) is 2. The van der Waals surface area contributed by atoms with E-state index in [0.29, 0.717) is 11.4 Å². The van der Waals surface area contributed by atoms with E-state index >= 15 is 0 Å². The molecule has 0 aliphatic rings. The molecule has 3 heterocycles. The summed E-state index contributed by atoms with van der Waals surface area (Å²) in [4.78, 5) is 27.8. The summed E-state index contributed by atoms with van der Waals surface area (Å²) in [6.07, 6.45) is 4.43. The molecule has 0 aliphatic carbocycles. The highest BCUT2D eigenvalue weighted by molar-refractivity contribution is 5.94. The maximum atomic E-state index is 11.7. The number of hydrogen-bond donors (Lipinski definition) is 2. The Morgan fingerprint density at radius 1 is 1.00 bits per heavy atom. The van der Waals surface area contributed by atoms with Crippen molar-refractivity contribution in [2.45, 2.75) is 6.92 Å². The SMILES string of the molecule is Cc1ccc2c(Nc3ncnc(Nc4cccnc4)c3[N+](=O)[O-])cccc2n1. The van der Waals surface area contributed by atoms with E-state index in [4.69, 9.17) is 0 Å². The number of rotatable bonds is 5. The molecular formula is C19H15N7O2. The molecule has 138 valence electrons. The molecule has 3 aromatic heterocycles.